The highest BCUT2D eigenvalue weighted by atomic mass is 19.4. The van der Waals surface area contributed by atoms with Crippen LogP contribution in [-0.2, 0) is 6.18 Å². The van der Waals surface area contributed by atoms with Gasteiger partial charge in [-0.05, 0) is 37.0 Å². The number of nitrogens with zero attached hydrogens (tertiary/aromatic N) is 1. The van der Waals surface area contributed by atoms with Gasteiger partial charge in [-0.2, -0.15) is 13.2 Å². The zero-order chi connectivity index (χ0) is 15.4. The van der Waals surface area contributed by atoms with Gasteiger partial charge in [-0.15, -0.1) is 0 Å². The van der Waals surface area contributed by atoms with Crippen molar-refractivity contribution in [1.29, 1.82) is 0 Å². The van der Waals surface area contributed by atoms with E-state index in [9.17, 15) is 22.4 Å². The number of rotatable bonds is 2. The van der Waals surface area contributed by atoms with Crippen molar-refractivity contribution >= 4 is 5.91 Å². The van der Waals surface area contributed by atoms with Gasteiger partial charge in [0.2, 0.25) is 0 Å². The molecule has 0 unspecified atom stereocenters. The molecular weight excluding hydrogens is 288 g/mol. The molecule has 1 aromatic rings. The Hall–Kier alpha value is -1.63. The minimum absolute atomic E-state index is 0.165. The number of likely N-dealkylation sites (tertiary alicyclic amines) is 1. The van der Waals surface area contributed by atoms with E-state index in [1.807, 2.05) is 0 Å². The standard InChI is InChI=1S/C14H14F4N2O/c15-11-4-1-8(5-10(11)14(16,17)18)12(21)20-6-13(19,7-20)9-2-3-9/h1,4-5,9H,2-3,6-7,19H2. The monoisotopic (exact) mass is 302 g/mol. The van der Waals surface area contributed by atoms with Crippen LogP contribution in [0.3, 0.4) is 0 Å². The van der Waals surface area contributed by atoms with Gasteiger partial charge >= 0.3 is 6.18 Å². The average molecular weight is 302 g/mol. The molecule has 1 saturated heterocycles. The third-order valence-corrected chi connectivity index (χ3v) is 4.17. The first kappa shape index (κ1) is 14.3. The number of halogens is 4. The van der Waals surface area contributed by atoms with Gasteiger partial charge in [0.15, 0.2) is 0 Å². The van der Waals surface area contributed by atoms with Gasteiger partial charge in [-0.3, -0.25) is 4.79 Å². The van der Waals surface area contributed by atoms with Crippen LogP contribution in [0.4, 0.5) is 17.6 Å². The predicted octanol–water partition coefficient (Wildman–Crippen LogP) is 2.41. The molecule has 1 heterocycles. The van der Waals surface area contributed by atoms with Crippen molar-refractivity contribution in [3.8, 4) is 0 Å². The van der Waals surface area contributed by atoms with Gasteiger partial charge in [-0.25, -0.2) is 4.39 Å². The summed E-state index contributed by atoms with van der Waals surface area (Å²) in [6.07, 6.45) is -2.75. The normalized spacial score (nSPS) is 21.1. The van der Waals surface area contributed by atoms with Crippen molar-refractivity contribution in [3.63, 3.8) is 0 Å². The zero-order valence-electron chi connectivity index (χ0n) is 11.1. The van der Waals surface area contributed by atoms with Gasteiger partial charge in [-0.1, -0.05) is 0 Å². The molecule has 3 nitrogen and oxygen atoms in total. The van der Waals surface area contributed by atoms with Crippen molar-refractivity contribution in [2.24, 2.45) is 11.7 Å². The number of alkyl halides is 3. The Morgan fingerprint density at radius 2 is 1.90 bits per heavy atom. The van der Waals surface area contributed by atoms with E-state index in [4.69, 9.17) is 5.73 Å². The average Bonchev–Trinajstić information content (AvgIpc) is 3.17. The van der Waals surface area contributed by atoms with E-state index >= 15 is 0 Å². The number of amides is 1. The van der Waals surface area contributed by atoms with Crippen molar-refractivity contribution < 1.29 is 22.4 Å². The SMILES string of the molecule is NC1(C2CC2)CN(C(=O)c2ccc(F)c(C(F)(F)F)c2)C1. The summed E-state index contributed by atoms with van der Waals surface area (Å²) in [5.74, 6) is -1.52. The first-order valence-electron chi connectivity index (χ1n) is 6.66. The largest absolute Gasteiger partial charge is 0.419 e. The summed E-state index contributed by atoms with van der Waals surface area (Å²) in [6, 6.07) is 2.30. The van der Waals surface area contributed by atoms with Crippen LogP contribution in [0.2, 0.25) is 0 Å². The molecule has 7 heteroatoms. The highest BCUT2D eigenvalue weighted by Crippen LogP contribution is 2.43. The van der Waals surface area contributed by atoms with E-state index in [-0.39, 0.29) is 5.56 Å². The topological polar surface area (TPSA) is 46.3 Å². The molecule has 0 radical (unpaired) electrons. The van der Waals surface area contributed by atoms with Crippen molar-refractivity contribution in [1.82, 2.24) is 4.90 Å². The molecule has 2 fully saturated rings. The fourth-order valence-corrected chi connectivity index (χ4v) is 2.78. The summed E-state index contributed by atoms with van der Waals surface area (Å²) >= 11 is 0. The van der Waals surface area contributed by atoms with Gasteiger partial charge < -0.3 is 10.6 Å². The lowest BCUT2D eigenvalue weighted by Crippen LogP contribution is -2.69. The Morgan fingerprint density at radius 1 is 1.29 bits per heavy atom. The zero-order valence-corrected chi connectivity index (χ0v) is 11.1. The molecule has 0 bridgehead atoms. The second kappa shape index (κ2) is 4.43. The summed E-state index contributed by atoms with van der Waals surface area (Å²) in [6.45, 7) is 0.685. The van der Waals surface area contributed by atoms with Crippen LogP contribution in [0, 0.1) is 11.7 Å². The van der Waals surface area contributed by atoms with Crippen LogP contribution in [0.25, 0.3) is 0 Å². The second-order valence-corrected chi connectivity index (χ2v) is 5.86. The quantitative estimate of drug-likeness (QED) is 0.853. The van der Waals surface area contributed by atoms with E-state index in [2.05, 4.69) is 0 Å². The first-order valence-corrected chi connectivity index (χ1v) is 6.66. The van der Waals surface area contributed by atoms with Gasteiger partial charge in [0.25, 0.3) is 5.91 Å². The van der Waals surface area contributed by atoms with E-state index in [1.165, 1.54) is 4.90 Å². The number of benzene rings is 1. The fraction of sp³-hybridized carbons (Fsp3) is 0.500. The Labute approximate surface area is 118 Å². The van der Waals surface area contributed by atoms with Gasteiger partial charge in [0, 0.05) is 18.7 Å². The second-order valence-electron chi connectivity index (χ2n) is 5.86. The van der Waals surface area contributed by atoms with Crippen LogP contribution in [0.15, 0.2) is 18.2 Å². The molecule has 21 heavy (non-hydrogen) atoms. The molecule has 2 aliphatic rings. The van der Waals surface area contributed by atoms with E-state index in [0.717, 1.165) is 18.9 Å². The highest BCUT2D eigenvalue weighted by Gasteiger charge is 2.51. The molecule has 2 N–H and O–H groups in total. The molecule has 1 amide bonds. The molecule has 114 valence electrons. The molecule has 0 spiro atoms. The summed E-state index contributed by atoms with van der Waals surface area (Å²) in [4.78, 5) is 13.5. The molecule has 1 aromatic carbocycles. The molecule has 0 atom stereocenters. The van der Waals surface area contributed by atoms with E-state index < -0.39 is 29.0 Å². The maximum atomic E-state index is 13.2. The van der Waals surface area contributed by atoms with E-state index in [0.29, 0.717) is 31.1 Å². The number of hydrogen-bond acceptors (Lipinski definition) is 2. The third kappa shape index (κ3) is 2.50. The molecular formula is C14H14F4N2O. The van der Waals surface area contributed by atoms with Crippen molar-refractivity contribution in [2.45, 2.75) is 24.6 Å². The van der Waals surface area contributed by atoms with Crippen molar-refractivity contribution in [2.75, 3.05) is 13.1 Å². The van der Waals surface area contributed by atoms with Crippen LogP contribution in [0.5, 0.6) is 0 Å². The summed E-state index contributed by atoms with van der Waals surface area (Å²) in [7, 11) is 0. The number of hydrogen-bond donors (Lipinski definition) is 1. The minimum Gasteiger partial charge on any atom is -0.335 e. The molecule has 0 aromatic heterocycles. The van der Waals surface area contributed by atoms with Gasteiger partial charge in [0.05, 0.1) is 11.1 Å². The Bertz CT molecular complexity index is 589. The van der Waals surface area contributed by atoms with Crippen molar-refractivity contribution in [3.05, 3.63) is 35.1 Å². The molecule has 1 saturated carbocycles. The fourth-order valence-electron chi connectivity index (χ4n) is 2.78. The van der Waals surface area contributed by atoms with E-state index in [1.54, 1.807) is 0 Å². The lowest BCUT2D eigenvalue weighted by Gasteiger charge is -2.48. The lowest BCUT2D eigenvalue weighted by atomic mass is 9.85. The lowest BCUT2D eigenvalue weighted by molar-refractivity contribution is -0.140. The summed E-state index contributed by atoms with van der Waals surface area (Å²) in [5, 5.41) is 0. The maximum absolute atomic E-state index is 13.2. The molecule has 1 aliphatic carbocycles. The smallest absolute Gasteiger partial charge is 0.335 e. The number of carbonyl (C=O) groups excluding carboxylic acids is 1. The predicted molar refractivity (Wildman–Crippen MR) is 66.9 cm³/mol. The molecule has 1 aliphatic heterocycles. The third-order valence-electron chi connectivity index (χ3n) is 4.17. The summed E-state index contributed by atoms with van der Waals surface area (Å²) in [5.41, 5.74) is 4.12. The number of carbonyl (C=O) groups is 1. The van der Waals surface area contributed by atoms with Crippen LogP contribution >= 0.6 is 0 Å². The highest BCUT2D eigenvalue weighted by molar-refractivity contribution is 5.95. The molecule has 3 rings (SSSR count). The van der Waals surface area contributed by atoms with Crippen LogP contribution in [-0.4, -0.2) is 29.4 Å². The summed E-state index contributed by atoms with van der Waals surface area (Å²) < 4.78 is 51.1. The number of nitrogens with two attached hydrogens (primary N) is 1. The Morgan fingerprint density at radius 3 is 2.43 bits per heavy atom. The van der Waals surface area contributed by atoms with Crippen LogP contribution in [0.1, 0.15) is 28.8 Å². The minimum atomic E-state index is -4.82. The Kier molecular flexibility index (Phi) is 3.02. The van der Waals surface area contributed by atoms with Gasteiger partial charge in [0.1, 0.15) is 5.82 Å². The first-order chi connectivity index (χ1) is 9.71. The van der Waals surface area contributed by atoms with Crippen LogP contribution < -0.4 is 5.73 Å². The maximum Gasteiger partial charge on any atom is 0.419 e. The Balaban J connectivity index is 1.77.